The van der Waals surface area contributed by atoms with Crippen molar-refractivity contribution in [3.63, 3.8) is 0 Å². The lowest BCUT2D eigenvalue weighted by molar-refractivity contribution is 0.174. The van der Waals surface area contributed by atoms with Crippen LogP contribution in [0.1, 0.15) is 5.56 Å². The SMILES string of the molecule is Cc1c(Nc2ccnc3cc(-c4ccc5c(c4)OCO5)oc23)ccc2[nH]ccc12. The van der Waals surface area contributed by atoms with E-state index in [1.165, 1.54) is 10.9 Å². The second-order valence-electron chi connectivity index (χ2n) is 7.05. The second-order valence-corrected chi connectivity index (χ2v) is 7.05. The Balaban J connectivity index is 1.42. The van der Waals surface area contributed by atoms with Gasteiger partial charge in [-0.3, -0.25) is 4.98 Å². The zero-order valence-electron chi connectivity index (χ0n) is 15.7. The van der Waals surface area contributed by atoms with Crippen LogP contribution < -0.4 is 14.8 Å². The Bertz CT molecular complexity index is 1380. The van der Waals surface area contributed by atoms with Gasteiger partial charge in [0.2, 0.25) is 6.79 Å². The molecule has 0 unspecified atom stereocenters. The summed E-state index contributed by atoms with van der Waals surface area (Å²) in [5.41, 5.74) is 6.64. The summed E-state index contributed by atoms with van der Waals surface area (Å²) in [5.74, 6) is 2.21. The normalized spacial score (nSPS) is 12.7. The highest BCUT2D eigenvalue weighted by molar-refractivity contribution is 5.94. The Morgan fingerprint density at radius 1 is 0.966 bits per heavy atom. The zero-order chi connectivity index (χ0) is 19.4. The van der Waals surface area contributed by atoms with Crippen LogP contribution in [0.25, 0.3) is 33.3 Å². The zero-order valence-corrected chi connectivity index (χ0v) is 15.7. The number of aryl methyl sites for hydroxylation is 1. The molecule has 0 atom stereocenters. The molecule has 142 valence electrons. The average molecular weight is 383 g/mol. The van der Waals surface area contributed by atoms with Crippen LogP contribution in [-0.2, 0) is 0 Å². The number of aromatic nitrogens is 2. The fraction of sp³-hybridized carbons (Fsp3) is 0.0870. The van der Waals surface area contributed by atoms with Crippen molar-refractivity contribution in [3.05, 3.63) is 66.5 Å². The first-order valence-corrected chi connectivity index (χ1v) is 9.38. The van der Waals surface area contributed by atoms with Crippen molar-refractivity contribution in [1.29, 1.82) is 0 Å². The summed E-state index contributed by atoms with van der Waals surface area (Å²) < 4.78 is 17.1. The number of aromatic amines is 1. The smallest absolute Gasteiger partial charge is 0.231 e. The Morgan fingerprint density at radius 3 is 2.86 bits per heavy atom. The lowest BCUT2D eigenvalue weighted by atomic mass is 10.1. The van der Waals surface area contributed by atoms with E-state index in [2.05, 4.69) is 40.4 Å². The number of benzene rings is 2. The molecule has 6 rings (SSSR count). The summed E-state index contributed by atoms with van der Waals surface area (Å²) in [7, 11) is 0. The van der Waals surface area contributed by atoms with Crippen molar-refractivity contribution in [1.82, 2.24) is 9.97 Å². The molecule has 29 heavy (non-hydrogen) atoms. The van der Waals surface area contributed by atoms with E-state index in [0.29, 0.717) is 5.58 Å². The number of nitrogens with zero attached hydrogens (tertiary/aromatic N) is 1. The molecule has 1 aliphatic heterocycles. The molecule has 0 bridgehead atoms. The molecule has 6 heteroatoms. The maximum absolute atomic E-state index is 6.20. The second kappa shape index (κ2) is 6.04. The first-order valence-electron chi connectivity index (χ1n) is 9.38. The first kappa shape index (κ1) is 16.1. The van der Waals surface area contributed by atoms with Crippen LogP contribution in [0.3, 0.4) is 0 Å². The van der Waals surface area contributed by atoms with E-state index in [1.54, 1.807) is 6.20 Å². The summed E-state index contributed by atoms with van der Waals surface area (Å²) in [6.07, 6.45) is 3.74. The maximum Gasteiger partial charge on any atom is 0.231 e. The number of fused-ring (bicyclic) bond motifs is 3. The van der Waals surface area contributed by atoms with Gasteiger partial charge in [-0.05, 0) is 55.0 Å². The minimum atomic E-state index is 0.249. The van der Waals surface area contributed by atoms with Crippen LogP contribution in [-0.4, -0.2) is 16.8 Å². The Morgan fingerprint density at radius 2 is 1.90 bits per heavy atom. The van der Waals surface area contributed by atoms with Gasteiger partial charge >= 0.3 is 0 Å². The molecular weight excluding hydrogens is 366 g/mol. The lowest BCUT2D eigenvalue weighted by Gasteiger charge is -2.10. The predicted octanol–water partition coefficient (Wildman–Crippen LogP) is 5.76. The molecule has 0 amide bonds. The van der Waals surface area contributed by atoms with Crippen LogP contribution in [0, 0.1) is 6.92 Å². The summed E-state index contributed by atoms with van der Waals surface area (Å²) in [5, 5.41) is 4.71. The average Bonchev–Trinajstić information content (AvgIpc) is 3.48. The molecule has 0 radical (unpaired) electrons. The van der Waals surface area contributed by atoms with Gasteiger partial charge in [0.1, 0.15) is 11.3 Å². The van der Waals surface area contributed by atoms with Gasteiger partial charge in [0.05, 0.1) is 5.69 Å². The summed E-state index contributed by atoms with van der Waals surface area (Å²) >= 11 is 0. The highest BCUT2D eigenvalue weighted by Crippen LogP contribution is 2.39. The van der Waals surface area contributed by atoms with E-state index < -0.39 is 0 Å². The molecule has 1 aliphatic rings. The van der Waals surface area contributed by atoms with Crippen molar-refractivity contribution in [2.45, 2.75) is 6.92 Å². The fourth-order valence-corrected chi connectivity index (χ4v) is 3.79. The number of ether oxygens (including phenoxy) is 2. The molecule has 0 spiro atoms. The van der Waals surface area contributed by atoms with E-state index in [0.717, 1.165) is 45.2 Å². The molecule has 2 aromatic carbocycles. The molecule has 0 aliphatic carbocycles. The first-order chi connectivity index (χ1) is 14.3. The predicted molar refractivity (Wildman–Crippen MR) is 112 cm³/mol. The van der Waals surface area contributed by atoms with Crippen LogP contribution >= 0.6 is 0 Å². The number of hydrogen-bond donors (Lipinski definition) is 2. The molecule has 0 saturated heterocycles. The standard InChI is InChI=1S/C23H17N3O3/c1-13-15-6-8-24-17(15)4-3-16(13)26-18-7-9-25-19-11-21(29-23(18)19)14-2-5-20-22(10-14)28-12-27-20/h2-11,24H,12H2,1H3,(H,25,26). The third-order valence-electron chi connectivity index (χ3n) is 5.34. The Hall–Kier alpha value is -3.93. The van der Waals surface area contributed by atoms with Crippen LogP contribution in [0.5, 0.6) is 11.5 Å². The van der Waals surface area contributed by atoms with Gasteiger partial charge < -0.3 is 24.2 Å². The summed E-state index contributed by atoms with van der Waals surface area (Å²) in [6.45, 7) is 2.36. The minimum absolute atomic E-state index is 0.249. The van der Waals surface area contributed by atoms with E-state index >= 15 is 0 Å². The van der Waals surface area contributed by atoms with Crippen LogP contribution in [0.15, 0.2) is 65.3 Å². The number of furan rings is 1. The number of rotatable bonds is 3. The summed E-state index contributed by atoms with van der Waals surface area (Å²) in [6, 6.07) is 15.9. The van der Waals surface area contributed by atoms with Crippen molar-refractivity contribution in [3.8, 4) is 22.8 Å². The molecule has 0 saturated carbocycles. The molecule has 2 N–H and O–H groups in total. The Labute approximate surface area is 166 Å². The molecule has 6 nitrogen and oxygen atoms in total. The maximum atomic E-state index is 6.20. The fourth-order valence-electron chi connectivity index (χ4n) is 3.79. The molecular formula is C23H17N3O3. The molecule has 3 aromatic heterocycles. The van der Waals surface area contributed by atoms with Crippen LogP contribution in [0.4, 0.5) is 11.4 Å². The summed E-state index contributed by atoms with van der Waals surface area (Å²) in [4.78, 5) is 7.72. The Kier molecular flexibility index (Phi) is 3.34. The van der Waals surface area contributed by atoms with Gasteiger partial charge in [-0.25, -0.2) is 0 Å². The molecule has 4 heterocycles. The number of nitrogens with one attached hydrogen (secondary N) is 2. The number of anilines is 2. The minimum Gasteiger partial charge on any atom is -0.454 e. The van der Waals surface area contributed by atoms with E-state index in [4.69, 9.17) is 13.9 Å². The number of pyridine rings is 1. The molecule has 0 fully saturated rings. The lowest BCUT2D eigenvalue weighted by Crippen LogP contribution is -1.94. The quantitative estimate of drug-likeness (QED) is 0.415. The third kappa shape index (κ3) is 2.53. The van der Waals surface area contributed by atoms with Crippen molar-refractivity contribution < 1.29 is 13.9 Å². The monoisotopic (exact) mass is 383 g/mol. The van der Waals surface area contributed by atoms with Gasteiger partial charge in [-0.1, -0.05) is 0 Å². The number of hydrogen-bond acceptors (Lipinski definition) is 5. The van der Waals surface area contributed by atoms with Gasteiger partial charge in [-0.2, -0.15) is 0 Å². The van der Waals surface area contributed by atoms with Gasteiger partial charge in [0, 0.05) is 40.6 Å². The largest absolute Gasteiger partial charge is 0.454 e. The van der Waals surface area contributed by atoms with E-state index in [1.807, 2.05) is 36.5 Å². The number of H-pyrrole nitrogens is 1. The topological polar surface area (TPSA) is 72.3 Å². The highest BCUT2D eigenvalue weighted by Gasteiger charge is 2.17. The third-order valence-corrected chi connectivity index (χ3v) is 5.34. The van der Waals surface area contributed by atoms with Gasteiger partial charge in [-0.15, -0.1) is 0 Å². The van der Waals surface area contributed by atoms with E-state index in [9.17, 15) is 0 Å². The molecule has 5 aromatic rings. The highest BCUT2D eigenvalue weighted by atomic mass is 16.7. The van der Waals surface area contributed by atoms with Crippen molar-refractivity contribution in [2.75, 3.05) is 12.1 Å². The van der Waals surface area contributed by atoms with Gasteiger partial charge in [0.25, 0.3) is 0 Å². The van der Waals surface area contributed by atoms with Crippen molar-refractivity contribution >= 4 is 33.4 Å². The van der Waals surface area contributed by atoms with E-state index in [-0.39, 0.29) is 6.79 Å². The van der Waals surface area contributed by atoms with Crippen molar-refractivity contribution in [2.24, 2.45) is 0 Å². The van der Waals surface area contributed by atoms with Gasteiger partial charge in [0.15, 0.2) is 17.1 Å². The van der Waals surface area contributed by atoms with Crippen LogP contribution in [0.2, 0.25) is 0 Å².